The minimum absolute atomic E-state index is 0.0908. The van der Waals surface area contributed by atoms with Gasteiger partial charge in [0, 0.05) is 19.4 Å². The summed E-state index contributed by atoms with van der Waals surface area (Å²) in [5.41, 5.74) is 0. The second-order valence-corrected chi connectivity index (χ2v) is 3.23. The van der Waals surface area contributed by atoms with Crippen LogP contribution in [0.5, 0.6) is 0 Å². The zero-order valence-electron chi connectivity index (χ0n) is 8.08. The molecular weight excluding hydrogens is 170 g/mol. The van der Waals surface area contributed by atoms with Crippen LogP contribution in [0.2, 0.25) is 0 Å². The number of esters is 1. The van der Waals surface area contributed by atoms with Crippen molar-refractivity contribution in [2.75, 3.05) is 6.73 Å². The minimum Gasteiger partial charge on any atom is -0.444 e. The summed E-state index contributed by atoms with van der Waals surface area (Å²) >= 11 is 0. The fourth-order valence-corrected chi connectivity index (χ4v) is 1.56. The molecule has 0 bridgehead atoms. The molecule has 0 aliphatic carbocycles. The molecule has 1 aliphatic rings. The van der Waals surface area contributed by atoms with E-state index in [4.69, 9.17) is 4.74 Å². The first-order valence-corrected chi connectivity index (χ1v) is 4.58. The summed E-state index contributed by atoms with van der Waals surface area (Å²) in [6.07, 6.45) is 2.39. The number of rotatable bonds is 3. The lowest BCUT2D eigenvalue weighted by atomic mass is 10.2. The van der Waals surface area contributed by atoms with Crippen molar-refractivity contribution < 1.29 is 14.3 Å². The summed E-state index contributed by atoms with van der Waals surface area (Å²) in [5.74, 6) is -0.248. The molecule has 0 unspecified atom stereocenters. The van der Waals surface area contributed by atoms with Gasteiger partial charge in [0.25, 0.3) is 0 Å². The maximum atomic E-state index is 11.3. The number of ether oxygens (including phenoxy) is 1. The summed E-state index contributed by atoms with van der Waals surface area (Å²) in [6.45, 7) is 3.50. The molecule has 0 aromatic rings. The Labute approximate surface area is 77.8 Å². The molecule has 0 spiro atoms. The summed E-state index contributed by atoms with van der Waals surface area (Å²) in [7, 11) is 0. The van der Waals surface area contributed by atoms with Gasteiger partial charge in [-0.2, -0.15) is 0 Å². The summed E-state index contributed by atoms with van der Waals surface area (Å²) in [5, 5.41) is 0. The van der Waals surface area contributed by atoms with Gasteiger partial charge in [0.1, 0.15) is 0 Å². The third kappa shape index (κ3) is 2.44. The lowest BCUT2D eigenvalue weighted by Gasteiger charge is -2.22. The average Bonchev–Trinajstić information content (AvgIpc) is 2.43. The van der Waals surface area contributed by atoms with E-state index in [0.29, 0.717) is 6.42 Å². The zero-order chi connectivity index (χ0) is 9.84. The minimum atomic E-state index is -0.338. The van der Waals surface area contributed by atoms with Crippen LogP contribution in [0.3, 0.4) is 0 Å². The molecule has 74 valence electrons. The van der Waals surface area contributed by atoms with E-state index in [9.17, 15) is 9.59 Å². The molecule has 0 N–H and O–H groups in total. The highest BCUT2D eigenvalue weighted by Gasteiger charge is 2.29. The second kappa shape index (κ2) is 4.25. The van der Waals surface area contributed by atoms with E-state index < -0.39 is 0 Å². The number of likely N-dealkylation sites (tertiary alicyclic amines) is 1. The molecule has 1 fully saturated rings. The quantitative estimate of drug-likeness (QED) is 0.614. The fraction of sp³-hybridized carbons (Fsp3) is 0.778. The van der Waals surface area contributed by atoms with Gasteiger partial charge in [-0.25, -0.2) is 0 Å². The predicted molar refractivity (Wildman–Crippen MR) is 46.8 cm³/mol. The molecule has 4 heteroatoms. The van der Waals surface area contributed by atoms with Crippen molar-refractivity contribution in [3.63, 3.8) is 0 Å². The highest BCUT2D eigenvalue weighted by molar-refractivity contribution is 5.78. The molecule has 1 atom stereocenters. The van der Waals surface area contributed by atoms with Crippen molar-refractivity contribution in [2.45, 2.75) is 39.2 Å². The molecule has 0 saturated carbocycles. The smallest absolute Gasteiger partial charge is 0.304 e. The molecule has 4 nitrogen and oxygen atoms in total. The van der Waals surface area contributed by atoms with Gasteiger partial charge in [-0.1, -0.05) is 6.92 Å². The molecule has 1 rings (SSSR count). The van der Waals surface area contributed by atoms with Crippen LogP contribution in [-0.4, -0.2) is 29.5 Å². The molecule has 1 saturated heterocycles. The average molecular weight is 185 g/mol. The first-order chi connectivity index (χ1) is 6.15. The third-order valence-corrected chi connectivity index (χ3v) is 2.33. The van der Waals surface area contributed by atoms with Crippen LogP contribution in [0.15, 0.2) is 0 Å². The van der Waals surface area contributed by atoms with E-state index >= 15 is 0 Å². The molecule has 13 heavy (non-hydrogen) atoms. The predicted octanol–water partition coefficient (Wildman–Crippen LogP) is 0.908. The number of carbonyl (C=O) groups is 2. The number of carbonyl (C=O) groups excluding carboxylic acids is 2. The molecule has 1 heterocycles. The van der Waals surface area contributed by atoms with E-state index in [1.807, 2.05) is 6.92 Å². The van der Waals surface area contributed by atoms with Gasteiger partial charge in [-0.15, -0.1) is 0 Å². The van der Waals surface area contributed by atoms with Crippen LogP contribution in [0, 0.1) is 0 Å². The maximum Gasteiger partial charge on any atom is 0.304 e. The largest absolute Gasteiger partial charge is 0.444 e. The molecular formula is C9H15NO3. The topological polar surface area (TPSA) is 46.6 Å². The standard InChI is InChI=1S/C9H15NO3/c1-3-8-4-5-9(12)10(8)6-13-7(2)11/h8H,3-6H2,1-2H3/t8-/m0/s1. The SMILES string of the molecule is CC[C@H]1CCC(=O)N1COC(C)=O. The number of hydrogen-bond donors (Lipinski definition) is 0. The zero-order valence-corrected chi connectivity index (χ0v) is 8.08. The Hall–Kier alpha value is -1.06. The Morgan fingerprint density at radius 3 is 2.92 bits per heavy atom. The van der Waals surface area contributed by atoms with E-state index in [-0.39, 0.29) is 24.6 Å². The van der Waals surface area contributed by atoms with Crippen molar-refractivity contribution in [1.29, 1.82) is 0 Å². The van der Waals surface area contributed by atoms with Crippen molar-refractivity contribution >= 4 is 11.9 Å². The molecule has 0 aromatic carbocycles. The lowest BCUT2D eigenvalue weighted by molar-refractivity contribution is -0.150. The van der Waals surface area contributed by atoms with Gasteiger partial charge in [0.05, 0.1) is 0 Å². The molecule has 0 radical (unpaired) electrons. The Kier molecular flexibility index (Phi) is 3.28. The highest BCUT2D eigenvalue weighted by atomic mass is 16.5. The number of amides is 1. The van der Waals surface area contributed by atoms with Crippen molar-refractivity contribution in [3.05, 3.63) is 0 Å². The van der Waals surface area contributed by atoms with Crippen LogP contribution < -0.4 is 0 Å². The summed E-state index contributed by atoms with van der Waals surface area (Å²) in [6, 6.07) is 0.256. The van der Waals surface area contributed by atoms with Crippen LogP contribution >= 0.6 is 0 Å². The normalized spacial score (nSPS) is 22.2. The lowest BCUT2D eigenvalue weighted by Crippen LogP contribution is -2.35. The van der Waals surface area contributed by atoms with E-state index in [1.54, 1.807) is 4.90 Å². The second-order valence-electron chi connectivity index (χ2n) is 3.23. The van der Waals surface area contributed by atoms with Crippen molar-refractivity contribution in [3.8, 4) is 0 Å². The Morgan fingerprint density at radius 2 is 2.38 bits per heavy atom. The Morgan fingerprint density at radius 1 is 1.69 bits per heavy atom. The van der Waals surface area contributed by atoms with Gasteiger partial charge >= 0.3 is 5.97 Å². The summed E-state index contributed by atoms with van der Waals surface area (Å²) in [4.78, 5) is 23.5. The van der Waals surface area contributed by atoms with Gasteiger partial charge < -0.3 is 9.64 Å². The fourth-order valence-electron chi connectivity index (χ4n) is 1.56. The van der Waals surface area contributed by atoms with E-state index in [0.717, 1.165) is 12.8 Å². The van der Waals surface area contributed by atoms with E-state index in [1.165, 1.54) is 6.92 Å². The van der Waals surface area contributed by atoms with Crippen molar-refractivity contribution in [1.82, 2.24) is 4.90 Å². The first kappa shape index (κ1) is 10.0. The van der Waals surface area contributed by atoms with Crippen LogP contribution in [0.25, 0.3) is 0 Å². The summed E-state index contributed by atoms with van der Waals surface area (Å²) < 4.78 is 4.79. The highest BCUT2D eigenvalue weighted by Crippen LogP contribution is 2.20. The molecule has 1 amide bonds. The Balaban J connectivity index is 2.45. The molecule has 0 aromatic heterocycles. The van der Waals surface area contributed by atoms with E-state index in [2.05, 4.69) is 0 Å². The third-order valence-electron chi connectivity index (χ3n) is 2.33. The maximum absolute atomic E-state index is 11.3. The van der Waals surface area contributed by atoms with Crippen LogP contribution in [0.1, 0.15) is 33.1 Å². The van der Waals surface area contributed by atoms with Gasteiger partial charge in [0.2, 0.25) is 5.91 Å². The van der Waals surface area contributed by atoms with Gasteiger partial charge in [-0.05, 0) is 12.8 Å². The number of hydrogen-bond acceptors (Lipinski definition) is 3. The van der Waals surface area contributed by atoms with Crippen molar-refractivity contribution in [2.24, 2.45) is 0 Å². The van der Waals surface area contributed by atoms with Gasteiger partial charge in [-0.3, -0.25) is 9.59 Å². The first-order valence-electron chi connectivity index (χ1n) is 4.58. The van der Waals surface area contributed by atoms with Gasteiger partial charge in [0.15, 0.2) is 6.73 Å². The Bertz CT molecular complexity index is 215. The monoisotopic (exact) mass is 185 g/mol. The number of nitrogens with zero attached hydrogens (tertiary/aromatic N) is 1. The van der Waals surface area contributed by atoms with Crippen LogP contribution in [-0.2, 0) is 14.3 Å². The molecule has 1 aliphatic heterocycles. The van der Waals surface area contributed by atoms with Crippen LogP contribution in [0.4, 0.5) is 0 Å².